The normalized spacial score (nSPS) is 10.9. The second-order valence-electron chi connectivity index (χ2n) is 5.63. The summed E-state index contributed by atoms with van der Waals surface area (Å²) in [6.07, 6.45) is 3.30. The molecule has 0 saturated carbocycles. The molecular formula is C18H15N5O2S2. The van der Waals surface area contributed by atoms with Gasteiger partial charge in [0.1, 0.15) is 6.33 Å². The Labute approximate surface area is 163 Å². The van der Waals surface area contributed by atoms with Crippen molar-refractivity contribution in [3.05, 3.63) is 60.1 Å². The topological polar surface area (TPSA) is 85.8 Å². The number of carbonyl (C=O) groups is 1. The fraction of sp³-hybridized carbons (Fsp3) is 0.111. The van der Waals surface area contributed by atoms with E-state index >= 15 is 0 Å². The SMILES string of the molecule is CC(=O)Nc1cccc(-n2cnnc2SCc2csc(-c3ccco3)n2)c1. The number of carbonyl (C=O) groups excluding carboxylic acids is 1. The molecule has 7 nitrogen and oxygen atoms in total. The van der Waals surface area contributed by atoms with Gasteiger partial charge in [-0.15, -0.1) is 21.5 Å². The molecule has 1 N–H and O–H groups in total. The summed E-state index contributed by atoms with van der Waals surface area (Å²) < 4.78 is 7.27. The van der Waals surface area contributed by atoms with E-state index < -0.39 is 0 Å². The number of benzene rings is 1. The summed E-state index contributed by atoms with van der Waals surface area (Å²) in [6, 6.07) is 11.3. The van der Waals surface area contributed by atoms with Gasteiger partial charge in [-0.05, 0) is 30.3 Å². The Hall–Kier alpha value is -2.91. The molecule has 3 heterocycles. The van der Waals surface area contributed by atoms with Crippen LogP contribution in [0.15, 0.2) is 63.9 Å². The number of thioether (sulfide) groups is 1. The highest BCUT2D eigenvalue weighted by atomic mass is 32.2. The number of nitrogens with zero attached hydrogens (tertiary/aromatic N) is 4. The molecule has 4 rings (SSSR count). The monoisotopic (exact) mass is 397 g/mol. The Kier molecular flexibility index (Phi) is 5.03. The third kappa shape index (κ3) is 4.09. The molecule has 0 spiro atoms. The first-order valence-electron chi connectivity index (χ1n) is 8.08. The van der Waals surface area contributed by atoms with Crippen molar-refractivity contribution in [3.8, 4) is 16.5 Å². The van der Waals surface area contributed by atoms with Gasteiger partial charge in [0.15, 0.2) is 15.9 Å². The molecule has 0 fully saturated rings. The van der Waals surface area contributed by atoms with Crippen LogP contribution in [0.2, 0.25) is 0 Å². The molecule has 0 saturated heterocycles. The minimum absolute atomic E-state index is 0.110. The molecule has 1 aromatic carbocycles. The third-order valence-corrected chi connectivity index (χ3v) is 5.48. The van der Waals surface area contributed by atoms with Crippen molar-refractivity contribution in [1.82, 2.24) is 19.7 Å². The van der Waals surface area contributed by atoms with E-state index in [1.807, 2.05) is 46.3 Å². The van der Waals surface area contributed by atoms with Crippen LogP contribution >= 0.6 is 23.1 Å². The van der Waals surface area contributed by atoms with Crippen molar-refractivity contribution in [1.29, 1.82) is 0 Å². The van der Waals surface area contributed by atoms with Gasteiger partial charge in [-0.3, -0.25) is 9.36 Å². The molecular weight excluding hydrogens is 382 g/mol. The summed E-state index contributed by atoms with van der Waals surface area (Å²) >= 11 is 3.10. The van der Waals surface area contributed by atoms with Crippen LogP contribution in [0.4, 0.5) is 5.69 Å². The molecule has 0 radical (unpaired) electrons. The van der Waals surface area contributed by atoms with Crippen molar-refractivity contribution in [2.45, 2.75) is 17.8 Å². The summed E-state index contributed by atoms with van der Waals surface area (Å²) in [6.45, 7) is 1.48. The predicted octanol–water partition coefficient (Wildman–Crippen LogP) is 4.23. The quantitative estimate of drug-likeness (QED) is 0.490. The van der Waals surface area contributed by atoms with Crippen LogP contribution in [0, 0.1) is 0 Å². The number of furan rings is 1. The maximum atomic E-state index is 11.3. The molecule has 1 amide bonds. The minimum atomic E-state index is -0.110. The lowest BCUT2D eigenvalue weighted by Crippen LogP contribution is -2.06. The summed E-state index contributed by atoms with van der Waals surface area (Å²) in [7, 11) is 0. The number of thiazole rings is 1. The Morgan fingerprint density at radius 2 is 2.26 bits per heavy atom. The van der Waals surface area contributed by atoms with Crippen LogP contribution in [-0.2, 0) is 10.5 Å². The Morgan fingerprint density at radius 1 is 1.33 bits per heavy atom. The van der Waals surface area contributed by atoms with Crippen LogP contribution in [0.5, 0.6) is 0 Å². The zero-order chi connectivity index (χ0) is 18.6. The zero-order valence-corrected chi connectivity index (χ0v) is 16.0. The number of hydrogen-bond acceptors (Lipinski definition) is 7. The average Bonchev–Trinajstić information content (AvgIpc) is 3.39. The van der Waals surface area contributed by atoms with Crippen molar-refractivity contribution in [3.63, 3.8) is 0 Å². The second-order valence-corrected chi connectivity index (χ2v) is 7.43. The Morgan fingerprint density at radius 3 is 3.07 bits per heavy atom. The number of anilines is 1. The van der Waals surface area contributed by atoms with Gasteiger partial charge in [-0.2, -0.15) is 0 Å². The molecule has 0 aliphatic carbocycles. The number of rotatable bonds is 6. The molecule has 136 valence electrons. The largest absolute Gasteiger partial charge is 0.462 e. The van der Waals surface area contributed by atoms with Crippen LogP contribution in [0.25, 0.3) is 16.5 Å². The van der Waals surface area contributed by atoms with E-state index in [2.05, 4.69) is 20.5 Å². The van der Waals surface area contributed by atoms with Gasteiger partial charge < -0.3 is 9.73 Å². The lowest BCUT2D eigenvalue weighted by Gasteiger charge is -2.08. The van der Waals surface area contributed by atoms with E-state index in [1.54, 1.807) is 35.7 Å². The van der Waals surface area contributed by atoms with Crippen molar-refractivity contribution >= 4 is 34.7 Å². The first-order valence-corrected chi connectivity index (χ1v) is 9.95. The number of hydrogen-bond donors (Lipinski definition) is 1. The van der Waals surface area contributed by atoms with E-state index in [0.29, 0.717) is 5.75 Å². The van der Waals surface area contributed by atoms with Crippen molar-refractivity contribution < 1.29 is 9.21 Å². The lowest BCUT2D eigenvalue weighted by molar-refractivity contribution is -0.114. The maximum absolute atomic E-state index is 11.3. The van der Waals surface area contributed by atoms with Gasteiger partial charge >= 0.3 is 0 Å². The van der Waals surface area contributed by atoms with Crippen LogP contribution in [-0.4, -0.2) is 25.7 Å². The molecule has 0 unspecified atom stereocenters. The highest BCUT2D eigenvalue weighted by Crippen LogP contribution is 2.28. The second kappa shape index (κ2) is 7.77. The van der Waals surface area contributed by atoms with Gasteiger partial charge in [0, 0.05) is 23.7 Å². The van der Waals surface area contributed by atoms with Gasteiger partial charge in [0.25, 0.3) is 0 Å². The number of amides is 1. The Bertz CT molecular complexity index is 1060. The lowest BCUT2D eigenvalue weighted by atomic mass is 10.2. The first-order chi connectivity index (χ1) is 13.2. The minimum Gasteiger partial charge on any atom is -0.462 e. The van der Waals surface area contributed by atoms with E-state index in [0.717, 1.165) is 33.0 Å². The van der Waals surface area contributed by atoms with E-state index in [4.69, 9.17) is 4.42 Å². The van der Waals surface area contributed by atoms with Crippen LogP contribution < -0.4 is 5.32 Å². The summed E-state index contributed by atoms with van der Waals surface area (Å²) in [5.74, 6) is 1.33. The molecule has 9 heteroatoms. The first kappa shape index (κ1) is 17.5. The van der Waals surface area contributed by atoms with Gasteiger partial charge in [0.05, 0.1) is 17.6 Å². The molecule has 0 aliphatic heterocycles. The summed E-state index contributed by atoms with van der Waals surface area (Å²) in [5, 5.41) is 14.6. The van der Waals surface area contributed by atoms with Crippen molar-refractivity contribution in [2.75, 3.05) is 5.32 Å². The highest BCUT2D eigenvalue weighted by Gasteiger charge is 2.11. The van der Waals surface area contributed by atoms with E-state index in [1.165, 1.54) is 6.92 Å². The van der Waals surface area contributed by atoms with E-state index in [-0.39, 0.29) is 5.91 Å². The predicted molar refractivity (Wildman–Crippen MR) is 105 cm³/mol. The Balaban J connectivity index is 1.49. The fourth-order valence-electron chi connectivity index (χ4n) is 2.46. The smallest absolute Gasteiger partial charge is 0.221 e. The molecule has 0 atom stereocenters. The molecule has 27 heavy (non-hydrogen) atoms. The molecule has 3 aromatic heterocycles. The van der Waals surface area contributed by atoms with E-state index in [9.17, 15) is 4.79 Å². The molecule has 0 aliphatic rings. The van der Waals surface area contributed by atoms with Gasteiger partial charge in [0.2, 0.25) is 5.91 Å². The van der Waals surface area contributed by atoms with Crippen LogP contribution in [0.3, 0.4) is 0 Å². The third-order valence-electron chi connectivity index (χ3n) is 3.59. The summed E-state index contributed by atoms with van der Waals surface area (Å²) in [4.78, 5) is 15.9. The standard InChI is InChI=1S/C18H15N5O2S2/c1-12(24)20-13-4-2-5-15(8-13)23-11-19-22-18(23)27-10-14-9-26-17(21-14)16-6-3-7-25-16/h2-9,11H,10H2,1H3,(H,20,24). The summed E-state index contributed by atoms with van der Waals surface area (Å²) in [5.41, 5.74) is 2.56. The number of aromatic nitrogens is 4. The molecule has 0 bridgehead atoms. The van der Waals surface area contributed by atoms with Crippen molar-refractivity contribution in [2.24, 2.45) is 0 Å². The van der Waals surface area contributed by atoms with Crippen LogP contribution in [0.1, 0.15) is 12.6 Å². The van der Waals surface area contributed by atoms with Gasteiger partial charge in [-0.1, -0.05) is 17.8 Å². The molecule has 4 aromatic rings. The number of nitrogens with one attached hydrogen (secondary N) is 1. The highest BCUT2D eigenvalue weighted by molar-refractivity contribution is 7.98. The zero-order valence-electron chi connectivity index (χ0n) is 14.3. The average molecular weight is 397 g/mol. The van der Waals surface area contributed by atoms with Gasteiger partial charge in [-0.25, -0.2) is 4.98 Å². The maximum Gasteiger partial charge on any atom is 0.221 e. The fourth-order valence-corrected chi connectivity index (χ4v) is 4.17.